The van der Waals surface area contributed by atoms with E-state index in [-0.39, 0.29) is 5.91 Å². The van der Waals surface area contributed by atoms with Crippen molar-refractivity contribution in [1.29, 1.82) is 0 Å². The number of pyridine rings is 1. The molecule has 0 aliphatic carbocycles. The van der Waals surface area contributed by atoms with Gasteiger partial charge in [-0.1, -0.05) is 18.2 Å². The molecule has 1 aromatic carbocycles. The Hall–Kier alpha value is -2.36. The zero-order valence-electron chi connectivity index (χ0n) is 9.91. The first-order valence-corrected chi connectivity index (χ1v) is 5.75. The molecule has 4 nitrogen and oxygen atoms in total. The van der Waals surface area contributed by atoms with Gasteiger partial charge in [-0.05, 0) is 29.8 Å². The van der Waals surface area contributed by atoms with E-state index < -0.39 is 6.04 Å². The van der Waals surface area contributed by atoms with Crippen LogP contribution in [0.15, 0.2) is 54.9 Å². The van der Waals surface area contributed by atoms with Crippen LogP contribution in [0.4, 0.5) is 5.69 Å². The molecule has 0 bridgehead atoms. The Kier molecular flexibility index (Phi) is 3.91. The number of carbonyl (C=O) groups excluding carboxylic acids is 1. The molecule has 2 aromatic rings. The van der Waals surface area contributed by atoms with Gasteiger partial charge in [0.15, 0.2) is 0 Å². The molecule has 3 N–H and O–H groups in total. The average molecular weight is 241 g/mol. The second-order valence-corrected chi connectivity index (χ2v) is 4.02. The van der Waals surface area contributed by atoms with Crippen molar-refractivity contribution in [3.8, 4) is 0 Å². The molecule has 18 heavy (non-hydrogen) atoms. The SMILES string of the molecule is NC(=O)[C@H](Cc1ccncc1)Nc1ccccc1. The van der Waals surface area contributed by atoms with Crippen molar-refractivity contribution in [1.82, 2.24) is 4.98 Å². The Bertz CT molecular complexity index is 457. The summed E-state index contributed by atoms with van der Waals surface area (Å²) >= 11 is 0. The van der Waals surface area contributed by atoms with Gasteiger partial charge in [-0.25, -0.2) is 0 Å². The highest BCUT2D eigenvalue weighted by Gasteiger charge is 2.15. The van der Waals surface area contributed by atoms with Crippen LogP contribution in [-0.4, -0.2) is 16.9 Å². The van der Waals surface area contributed by atoms with Crippen molar-refractivity contribution in [2.45, 2.75) is 12.5 Å². The number of carbonyl (C=O) groups is 1. The Labute approximate surface area is 106 Å². The number of hydrogen-bond donors (Lipinski definition) is 2. The number of nitrogens with two attached hydrogens (primary N) is 1. The lowest BCUT2D eigenvalue weighted by Crippen LogP contribution is -2.37. The third kappa shape index (κ3) is 3.31. The van der Waals surface area contributed by atoms with Gasteiger partial charge in [-0.2, -0.15) is 0 Å². The van der Waals surface area contributed by atoms with E-state index in [0.717, 1.165) is 11.3 Å². The number of nitrogens with one attached hydrogen (secondary N) is 1. The summed E-state index contributed by atoms with van der Waals surface area (Å²) in [5.41, 5.74) is 7.33. The molecule has 92 valence electrons. The van der Waals surface area contributed by atoms with E-state index in [1.165, 1.54) is 0 Å². The summed E-state index contributed by atoms with van der Waals surface area (Å²) in [7, 11) is 0. The average Bonchev–Trinajstić information content (AvgIpc) is 2.40. The van der Waals surface area contributed by atoms with Gasteiger partial charge in [0, 0.05) is 24.5 Å². The molecule has 0 saturated heterocycles. The van der Waals surface area contributed by atoms with E-state index in [2.05, 4.69) is 10.3 Å². The van der Waals surface area contributed by atoms with Gasteiger partial charge in [-0.15, -0.1) is 0 Å². The third-order valence-corrected chi connectivity index (χ3v) is 2.65. The van der Waals surface area contributed by atoms with Crippen LogP contribution < -0.4 is 11.1 Å². The molecule has 0 aliphatic heterocycles. The smallest absolute Gasteiger partial charge is 0.240 e. The molecule has 1 amide bonds. The van der Waals surface area contributed by atoms with Crippen molar-refractivity contribution in [2.24, 2.45) is 5.73 Å². The normalized spacial score (nSPS) is 11.8. The fourth-order valence-electron chi connectivity index (χ4n) is 1.71. The largest absolute Gasteiger partial charge is 0.373 e. The molecular formula is C14H15N3O. The van der Waals surface area contributed by atoms with E-state index in [0.29, 0.717) is 6.42 Å². The molecule has 0 unspecified atom stereocenters. The number of para-hydroxylation sites is 1. The molecule has 0 aliphatic rings. The fraction of sp³-hybridized carbons (Fsp3) is 0.143. The van der Waals surface area contributed by atoms with Crippen LogP contribution in [0.2, 0.25) is 0 Å². The monoisotopic (exact) mass is 241 g/mol. The second kappa shape index (κ2) is 5.82. The molecule has 0 saturated carbocycles. The molecule has 1 atom stereocenters. The summed E-state index contributed by atoms with van der Waals surface area (Å²) in [4.78, 5) is 15.4. The second-order valence-electron chi connectivity index (χ2n) is 4.02. The number of rotatable bonds is 5. The van der Waals surface area contributed by atoms with E-state index in [1.807, 2.05) is 42.5 Å². The lowest BCUT2D eigenvalue weighted by Gasteiger charge is -2.16. The van der Waals surface area contributed by atoms with Crippen LogP contribution in [0.25, 0.3) is 0 Å². The van der Waals surface area contributed by atoms with E-state index in [4.69, 9.17) is 5.73 Å². The summed E-state index contributed by atoms with van der Waals surface area (Å²) in [5, 5.41) is 3.13. The number of aromatic nitrogens is 1. The van der Waals surface area contributed by atoms with E-state index in [1.54, 1.807) is 12.4 Å². The molecule has 1 aromatic heterocycles. The van der Waals surface area contributed by atoms with Crippen LogP contribution in [0.5, 0.6) is 0 Å². The molecule has 0 radical (unpaired) electrons. The van der Waals surface area contributed by atoms with Gasteiger partial charge in [0.2, 0.25) is 5.91 Å². The zero-order chi connectivity index (χ0) is 12.8. The summed E-state index contributed by atoms with van der Waals surface area (Å²) in [6.07, 6.45) is 3.96. The third-order valence-electron chi connectivity index (χ3n) is 2.65. The first-order valence-electron chi connectivity index (χ1n) is 5.75. The van der Waals surface area contributed by atoms with Crippen molar-refractivity contribution in [3.05, 3.63) is 60.4 Å². The molecule has 4 heteroatoms. The molecule has 0 spiro atoms. The van der Waals surface area contributed by atoms with Crippen molar-refractivity contribution >= 4 is 11.6 Å². The van der Waals surface area contributed by atoms with Crippen molar-refractivity contribution < 1.29 is 4.79 Å². The minimum absolute atomic E-state index is 0.365. The number of amides is 1. The Morgan fingerprint density at radius 2 is 1.83 bits per heavy atom. The quantitative estimate of drug-likeness (QED) is 0.835. The lowest BCUT2D eigenvalue weighted by atomic mass is 10.1. The number of primary amides is 1. The Morgan fingerprint density at radius 1 is 1.17 bits per heavy atom. The van der Waals surface area contributed by atoms with Crippen LogP contribution in [0.3, 0.4) is 0 Å². The van der Waals surface area contributed by atoms with Crippen LogP contribution in [0.1, 0.15) is 5.56 Å². The van der Waals surface area contributed by atoms with Gasteiger partial charge in [0.05, 0.1) is 0 Å². The molecule has 2 rings (SSSR count). The molecule has 1 heterocycles. The maximum atomic E-state index is 11.5. The molecule has 0 fully saturated rings. The lowest BCUT2D eigenvalue weighted by molar-refractivity contribution is -0.118. The standard InChI is InChI=1S/C14H15N3O/c15-14(18)13(10-11-6-8-16-9-7-11)17-12-4-2-1-3-5-12/h1-9,13,17H,10H2,(H2,15,18)/t13-/m0/s1. The highest BCUT2D eigenvalue weighted by molar-refractivity contribution is 5.83. The van der Waals surface area contributed by atoms with E-state index >= 15 is 0 Å². The predicted octanol–water partition coefficient (Wildman–Crippen LogP) is 1.59. The fourth-order valence-corrected chi connectivity index (χ4v) is 1.71. The van der Waals surface area contributed by atoms with Gasteiger partial charge in [0.1, 0.15) is 6.04 Å². The highest BCUT2D eigenvalue weighted by atomic mass is 16.1. The van der Waals surface area contributed by atoms with Crippen LogP contribution >= 0.6 is 0 Å². The number of anilines is 1. The number of hydrogen-bond acceptors (Lipinski definition) is 3. The van der Waals surface area contributed by atoms with Gasteiger partial charge in [-0.3, -0.25) is 9.78 Å². The maximum Gasteiger partial charge on any atom is 0.240 e. The molecular weight excluding hydrogens is 226 g/mol. The summed E-state index contributed by atoms with van der Waals surface area (Å²) in [5.74, 6) is -0.365. The topological polar surface area (TPSA) is 68.0 Å². The Balaban J connectivity index is 2.08. The zero-order valence-corrected chi connectivity index (χ0v) is 9.91. The maximum absolute atomic E-state index is 11.5. The van der Waals surface area contributed by atoms with Crippen molar-refractivity contribution in [2.75, 3.05) is 5.32 Å². The van der Waals surface area contributed by atoms with Gasteiger partial charge < -0.3 is 11.1 Å². The Morgan fingerprint density at radius 3 is 2.44 bits per heavy atom. The van der Waals surface area contributed by atoms with E-state index in [9.17, 15) is 4.79 Å². The number of benzene rings is 1. The summed E-state index contributed by atoms with van der Waals surface area (Å²) < 4.78 is 0. The number of nitrogens with zero attached hydrogens (tertiary/aromatic N) is 1. The van der Waals surface area contributed by atoms with Crippen LogP contribution in [-0.2, 0) is 11.2 Å². The predicted molar refractivity (Wildman–Crippen MR) is 71.0 cm³/mol. The highest BCUT2D eigenvalue weighted by Crippen LogP contribution is 2.10. The first kappa shape index (κ1) is 12.1. The van der Waals surface area contributed by atoms with Gasteiger partial charge >= 0.3 is 0 Å². The minimum Gasteiger partial charge on any atom is -0.373 e. The minimum atomic E-state index is -0.421. The van der Waals surface area contributed by atoms with Gasteiger partial charge in [0.25, 0.3) is 0 Å². The first-order chi connectivity index (χ1) is 8.75. The van der Waals surface area contributed by atoms with Crippen molar-refractivity contribution in [3.63, 3.8) is 0 Å². The summed E-state index contributed by atoms with van der Waals surface area (Å²) in [6, 6.07) is 12.9. The summed E-state index contributed by atoms with van der Waals surface area (Å²) in [6.45, 7) is 0. The van der Waals surface area contributed by atoms with Crippen LogP contribution in [0, 0.1) is 0 Å².